The third-order valence-electron chi connectivity index (χ3n) is 4.20. The largest absolute Gasteiger partial charge is 0.455 e. The van der Waals surface area contributed by atoms with Crippen LogP contribution in [-0.4, -0.2) is 20.9 Å². The Hall–Kier alpha value is -2.63. The van der Waals surface area contributed by atoms with Crippen molar-refractivity contribution in [2.75, 3.05) is 0 Å². The number of carbonyl (C=O) groups excluding carboxylic acids is 1. The van der Waals surface area contributed by atoms with Crippen LogP contribution in [0.3, 0.4) is 0 Å². The van der Waals surface area contributed by atoms with Gasteiger partial charge in [0.1, 0.15) is 17.7 Å². The number of aliphatic hydroxyl groups is 1. The first kappa shape index (κ1) is 18.2. The molecule has 1 aromatic heterocycles. The molecule has 0 radical (unpaired) electrons. The average Bonchev–Trinajstić information content (AvgIpc) is 3.04. The van der Waals surface area contributed by atoms with E-state index in [0.29, 0.717) is 40.6 Å². The van der Waals surface area contributed by atoms with Crippen LogP contribution in [0.25, 0.3) is 11.3 Å². The summed E-state index contributed by atoms with van der Waals surface area (Å²) >= 11 is 6.13. The van der Waals surface area contributed by atoms with Gasteiger partial charge in [-0.25, -0.2) is 4.98 Å². The molecule has 1 unspecified atom stereocenters. The maximum Gasteiger partial charge on any atom is 0.156 e. The molecule has 3 rings (SSSR count). The molecule has 1 N–H and O–H groups in total. The molecular weight excluding hydrogens is 352 g/mol. The number of carbonyl (C=O) groups is 1. The second-order valence-corrected chi connectivity index (χ2v) is 6.29. The van der Waals surface area contributed by atoms with E-state index in [9.17, 15) is 9.90 Å². The normalized spacial score (nSPS) is 12.0. The highest BCUT2D eigenvalue weighted by Crippen LogP contribution is 2.33. The van der Waals surface area contributed by atoms with Gasteiger partial charge in [-0.05, 0) is 42.8 Å². The molecular formula is C20H19ClN2O3. The first-order valence-electron chi connectivity index (χ1n) is 8.26. The van der Waals surface area contributed by atoms with Crippen LogP contribution in [0.2, 0.25) is 5.02 Å². The van der Waals surface area contributed by atoms with Crippen molar-refractivity contribution >= 4 is 17.9 Å². The van der Waals surface area contributed by atoms with Gasteiger partial charge in [-0.3, -0.25) is 4.79 Å². The molecule has 6 heteroatoms. The van der Waals surface area contributed by atoms with Crippen LogP contribution >= 0.6 is 11.6 Å². The van der Waals surface area contributed by atoms with Crippen LogP contribution in [0.4, 0.5) is 0 Å². The summed E-state index contributed by atoms with van der Waals surface area (Å²) in [5.74, 6) is 1.54. The van der Waals surface area contributed by atoms with Gasteiger partial charge in [-0.1, -0.05) is 24.6 Å². The van der Waals surface area contributed by atoms with Crippen molar-refractivity contribution in [3.05, 3.63) is 65.1 Å². The number of hydrogen-bond acceptors (Lipinski definition) is 4. The molecule has 0 spiro atoms. The molecule has 26 heavy (non-hydrogen) atoms. The number of rotatable bonds is 6. The van der Waals surface area contributed by atoms with E-state index in [-0.39, 0.29) is 0 Å². The zero-order valence-electron chi connectivity index (χ0n) is 14.5. The van der Waals surface area contributed by atoms with E-state index in [4.69, 9.17) is 16.3 Å². The molecule has 3 aromatic rings. The van der Waals surface area contributed by atoms with E-state index in [0.717, 1.165) is 11.3 Å². The lowest BCUT2D eigenvalue weighted by Gasteiger charge is -2.12. The fourth-order valence-corrected chi connectivity index (χ4v) is 2.94. The quantitative estimate of drug-likeness (QED) is 0.633. The third-order valence-corrected chi connectivity index (χ3v) is 4.50. The van der Waals surface area contributed by atoms with Gasteiger partial charge in [0, 0.05) is 12.6 Å². The fourth-order valence-electron chi connectivity index (χ4n) is 2.72. The highest BCUT2D eigenvalue weighted by atomic mass is 35.5. The number of imidazole rings is 1. The Labute approximate surface area is 156 Å². The third kappa shape index (κ3) is 3.49. The summed E-state index contributed by atoms with van der Waals surface area (Å²) in [6.45, 7) is 1.91. The predicted octanol–water partition coefficient (Wildman–Crippen LogP) is 4.79. The predicted molar refractivity (Wildman–Crippen MR) is 101 cm³/mol. The lowest BCUT2D eigenvalue weighted by atomic mass is 10.1. The standard InChI is InChI=1S/C20H19ClN2O3/c1-3-18(25)20-22-11-17(23(20)2)13-7-9-15(10-8-13)26-19-14(12-24)5-4-6-16(19)21/h4-12,18,25H,3H2,1-2H3. The summed E-state index contributed by atoms with van der Waals surface area (Å²) < 4.78 is 7.67. The molecule has 0 amide bonds. The lowest BCUT2D eigenvalue weighted by molar-refractivity contribution is 0.112. The second kappa shape index (κ2) is 7.72. The number of hydrogen-bond donors (Lipinski definition) is 1. The van der Waals surface area contributed by atoms with E-state index in [1.165, 1.54) is 0 Å². The molecule has 0 saturated heterocycles. The summed E-state index contributed by atoms with van der Waals surface area (Å²) in [5.41, 5.74) is 2.23. The van der Waals surface area contributed by atoms with E-state index < -0.39 is 6.10 Å². The van der Waals surface area contributed by atoms with Gasteiger partial charge < -0.3 is 14.4 Å². The topological polar surface area (TPSA) is 64.4 Å². The Morgan fingerprint density at radius 2 is 2.00 bits per heavy atom. The summed E-state index contributed by atoms with van der Waals surface area (Å²) in [6, 6.07) is 12.4. The fraction of sp³-hybridized carbons (Fsp3) is 0.200. The van der Waals surface area contributed by atoms with Gasteiger partial charge in [0.2, 0.25) is 0 Å². The maximum absolute atomic E-state index is 11.2. The highest BCUT2D eigenvalue weighted by Gasteiger charge is 2.15. The van der Waals surface area contributed by atoms with E-state index in [1.54, 1.807) is 36.5 Å². The van der Waals surface area contributed by atoms with Gasteiger partial charge in [0.05, 0.1) is 22.5 Å². The number of aldehydes is 1. The van der Waals surface area contributed by atoms with Gasteiger partial charge in [-0.15, -0.1) is 0 Å². The Morgan fingerprint density at radius 1 is 1.27 bits per heavy atom. The average molecular weight is 371 g/mol. The number of nitrogens with zero attached hydrogens (tertiary/aromatic N) is 2. The molecule has 5 nitrogen and oxygen atoms in total. The molecule has 0 aliphatic heterocycles. The van der Waals surface area contributed by atoms with Crippen LogP contribution in [0.1, 0.15) is 35.6 Å². The maximum atomic E-state index is 11.2. The van der Waals surface area contributed by atoms with Crippen molar-refractivity contribution in [1.29, 1.82) is 0 Å². The molecule has 1 heterocycles. The van der Waals surface area contributed by atoms with Gasteiger partial charge >= 0.3 is 0 Å². The minimum atomic E-state index is -0.585. The smallest absolute Gasteiger partial charge is 0.156 e. The van der Waals surface area contributed by atoms with Crippen molar-refractivity contribution in [1.82, 2.24) is 9.55 Å². The number of aliphatic hydroxyl groups excluding tert-OH is 1. The summed E-state index contributed by atoms with van der Waals surface area (Å²) in [5, 5.41) is 10.4. The van der Waals surface area contributed by atoms with Crippen LogP contribution in [0.15, 0.2) is 48.7 Å². The van der Waals surface area contributed by atoms with Gasteiger partial charge in [-0.2, -0.15) is 0 Å². The zero-order valence-corrected chi connectivity index (χ0v) is 15.3. The molecule has 0 aliphatic carbocycles. The monoisotopic (exact) mass is 370 g/mol. The van der Waals surface area contributed by atoms with Crippen LogP contribution in [0, 0.1) is 0 Å². The minimum Gasteiger partial charge on any atom is -0.455 e. The lowest BCUT2D eigenvalue weighted by Crippen LogP contribution is -2.05. The Bertz CT molecular complexity index is 919. The minimum absolute atomic E-state index is 0.339. The molecule has 0 saturated carbocycles. The van der Waals surface area contributed by atoms with E-state index in [1.807, 2.05) is 30.7 Å². The SMILES string of the molecule is CCC(O)c1ncc(-c2ccc(Oc3c(Cl)cccc3C=O)cc2)n1C. The summed E-state index contributed by atoms with van der Waals surface area (Å²) in [6.07, 6.45) is 2.47. The van der Waals surface area contributed by atoms with Crippen molar-refractivity contribution in [3.63, 3.8) is 0 Å². The van der Waals surface area contributed by atoms with Crippen molar-refractivity contribution < 1.29 is 14.6 Å². The number of aromatic nitrogens is 2. The van der Waals surface area contributed by atoms with Gasteiger partial charge in [0.25, 0.3) is 0 Å². The zero-order chi connectivity index (χ0) is 18.7. The van der Waals surface area contributed by atoms with Gasteiger partial charge in [0.15, 0.2) is 12.0 Å². The molecule has 0 aliphatic rings. The summed E-state index contributed by atoms with van der Waals surface area (Å²) in [7, 11) is 1.88. The van der Waals surface area contributed by atoms with Crippen molar-refractivity contribution in [3.8, 4) is 22.8 Å². The highest BCUT2D eigenvalue weighted by molar-refractivity contribution is 6.32. The Morgan fingerprint density at radius 3 is 2.65 bits per heavy atom. The van der Waals surface area contributed by atoms with E-state index >= 15 is 0 Å². The van der Waals surface area contributed by atoms with Crippen molar-refractivity contribution in [2.24, 2.45) is 7.05 Å². The molecule has 2 aromatic carbocycles. The Kier molecular flexibility index (Phi) is 5.40. The Balaban J connectivity index is 1.86. The van der Waals surface area contributed by atoms with E-state index in [2.05, 4.69) is 4.98 Å². The van der Waals surface area contributed by atoms with Crippen LogP contribution in [-0.2, 0) is 7.05 Å². The number of halogens is 1. The second-order valence-electron chi connectivity index (χ2n) is 5.89. The molecule has 0 bridgehead atoms. The van der Waals surface area contributed by atoms with Crippen LogP contribution in [0.5, 0.6) is 11.5 Å². The number of ether oxygens (including phenoxy) is 1. The van der Waals surface area contributed by atoms with Crippen molar-refractivity contribution in [2.45, 2.75) is 19.4 Å². The first-order chi connectivity index (χ1) is 12.5. The molecule has 1 atom stereocenters. The summed E-state index contributed by atoms with van der Waals surface area (Å²) in [4.78, 5) is 15.5. The number of benzene rings is 2. The first-order valence-corrected chi connectivity index (χ1v) is 8.64. The number of para-hydroxylation sites is 1. The molecule has 0 fully saturated rings. The molecule has 134 valence electrons. The van der Waals surface area contributed by atoms with Crippen LogP contribution < -0.4 is 4.74 Å².